The molecular formula is C22H16F4N2O2S. The summed E-state index contributed by atoms with van der Waals surface area (Å²) in [5.74, 6) is -2.39. The fourth-order valence-corrected chi connectivity index (χ4v) is 3.43. The van der Waals surface area contributed by atoms with Crippen molar-refractivity contribution >= 4 is 35.0 Å². The SMILES string of the molecule is CSc1ccccc1C(=O)Nc1ccc(NC(=O)c2ccccc2F)cc1C(F)(F)F. The molecule has 9 heteroatoms. The second kappa shape index (κ2) is 9.22. The van der Waals surface area contributed by atoms with Gasteiger partial charge in [0.1, 0.15) is 5.82 Å². The Hall–Kier alpha value is -3.33. The third-order valence-electron chi connectivity index (χ3n) is 4.30. The van der Waals surface area contributed by atoms with Crippen molar-refractivity contribution in [3.63, 3.8) is 0 Å². The molecular weight excluding hydrogens is 432 g/mol. The van der Waals surface area contributed by atoms with E-state index < -0.39 is 35.1 Å². The summed E-state index contributed by atoms with van der Waals surface area (Å²) in [5.41, 5.74) is -1.86. The molecule has 160 valence electrons. The molecule has 0 aromatic heterocycles. The number of alkyl halides is 3. The molecule has 0 unspecified atom stereocenters. The van der Waals surface area contributed by atoms with E-state index in [4.69, 9.17) is 0 Å². The van der Waals surface area contributed by atoms with Gasteiger partial charge >= 0.3 is 6.18 Å². The highest BCUT2D eigenvalue weighted by Gasteiger charge is 2.34. The molecule has 0 saturated carbocycles. The van der Waals surface area contributed by atoms with E-state index in [2.05, 4.69) is 10.6 Å². The molecule has 4 nitrogen and oxygen atoms in total. The number of halogens is 4. The minimum absolute atomic E-state index is 0.192. The smallest absolute Gasteiger partial charge is 0.322 e. The Kier molecular flexibility index (Phi) is 6.65. The van der Waals surface area contributed by atoms with Gasteiger partial charge in [-0.15, -0.1) is 11.8 Å². The lowest BCUT2D eigenvalue weighted by molar-refractivity contribution is -0.136. The van der Waals surface area contributed by atoms with E-state index in [0.717, 1.165) is 12.1 Å². The van der Waals surface area contributed by atoms with Crippen LogP contribution < -0.4 is 10.6 Å². The van der Waals surface area contributed by atoms with Gasteiger partial charge in [0.25, 0.3) is 11.8 Å². The van der Waals surface area contributed by atoms with Crippen LogP contribution in [0.15, 0.2) is 71.6 Å². The molecule has 3 aromatic rings. The summed E-state index contributed by atoms with van der Waals surface area (Å²) >= 11 is 1.29. The van der Waals surface area contributed by atoms with Crippen molar-refractivity contribution in [2.24, 2.45) is 0 Å². The Balaban J connectivity index is 1.89. The van der Waals surface area contributed by atoms with Gasteiger partial charge < -0.3 is 10.6 Å². The second-order valence-electron chi connectivity index (χ2n) is 6.35. The molecule has 0 spiro atoms. The first kappa shape index (κ1) is 22.4. The minimum atomic E-state index is -4.81. The van der Waals surface area contributed by atoms with E-state index in [-0.39, 0.29) is 16.8 Å². The molecule has 2 N–H and O–H groups in total. The predicted molar refractivity (Wildman–Crippen MR) is 112 cm³/mol. The third kappa shape index (κ3) is 5.24. The molecule has 2 amide bonds. The number of benzene rings is 3. The normalized spacial score (nSPS) is 11.1. The van der Waals surface area contributed by atoms with Gasteiger partial charge in [-0.2, -0.15) is 13.2 Å². The van der Waals surface area contributed by atoms with Gasteiger partial charge in [0, 0.05) is 10.6 Å². The average molecular weight is 448 g/mol. The van der Waals surface area contributed by atoms with Crippen molar-refractivity contribution in [3.05, 3.63) is 89.2 Å². The molecule has 0 fully saturated rings. The van der Waals surface area contributed by atoms with Crippen LogP contribution in [-0.2, 0) is 6.18 Å². The Morgan fingerprint density at radius 1 is 0.839 bits per heavy atom. The Bertz CT molecular complexity index is 1130. The van der Waals surface area contributed by atoms with Crippen LogP contribution in [-0.4, -0.2) is 18.1 Å². The fraction of sp³-hybridized carbons (Fsp3) is 0.0909. The molecule has 3 aromatic carbocycles. The minimum Gasteiger partial charge on any atom is -0.322 e. The zero-order valence-electron chi connectivity index (χ0n) is 16.1. The number of amides is 2. The summed E-state index contributed by atoms with van der Waals surface area (Å²) in [4.78, 5) is 25.4. The zero-order chi connectivity index (χ0) is 22.6. The Labute approximate surface area is 179 Å². The maximum absolute atomic E-state index is 13.8. The van der Waals surface area contributed by atoms with Crippen LogP contribution in [0.3, 0.4) is 0 Å². The topological polar surface area (TPSA) is 58.2 Å². The first-order chi connectivity index (χ1) is 14.7. The van der Waals surface area contributed by atoms with Crippen molar-refractivity contribution < 1.29 is 27.2 Å². The fourth-order valence-electron chi connectivity index (χ4n) is 2.83. The van der Waals surface area contributed by atoms with Gasteiger partial charge in [0.05, 0.1) is 22.4 Å². The second-order valence-corrected chi connectivity index (χ2v) is 7.19. The van der Waals surface area contributed by atoms with Gasteiger partial charge in [-0.1, -0.05) is 24.3 Å². The monoisotopic (exact) mass is 448 g/mol. The number of hydrogen-bond acceptors (Lipinski definition) is 3. The van der Waals surface area contributed by atoms with Gasteiger partial charge in [-0.3, -0.25) is 9.59 Å². The molecule has 31 heavy (non-hydrogen) atoms. The van der Waals surface area contributed by atoms with E-state index in [9.17, 15) is 27.2 Å². The number of rotatable bonds is 5. The molecule has 0 aliphatic carbocycles. The van der Waals surface area contributed by atoms with Gasteiger partial charge in [-0.25, -0.2) is 4.39 Å². The largest absolute Gasteiger partial charge is 0.418 e. The maximum atomic E-state index is 13.8. The highest BCUT2D eigenvalue weighted by molar-refractivity contribution is 7.98. The molecule has 0 bridgehead atoms. The summed E-state index contributed by atoms with van der Waals surface area (Å²) < 4.78 is 54.6. The first-order valence-electron chi connectivity index (χ1n) is 8.92. The number of carbonyl (C=O) groups excluding carboxylic acids is 2. The van der Waals surface area contributed by atoms with Crippen LogP contribution >= 0.6 is 11.8 Å². The van der Waals surface area contributed by atoms with Crippen molar-refractivity contribution in [2.45, 2.75) is 11.1 Å². The van der Waals surface area contributed by atoms with E-state index in [1.54, 1.807) is 24.5 Å². The highest BCUT2D eigenvalue weighted by Crippen LogP contribution is 2.37. The third-order valence-corrected chi connectivity index (χ3v) is 5.10. The van der Waals surface area contributed by atoms with Crippen molar-refractivity contribution in [1.82, 2.24) is 0 Å². The molecule has 0 radical (unpaired) electrons. The average Bonchev–Trinajstić information content (AvgIpc) is 2.74. The van der Waals surface area contributed by atoms with Crippen LogP contribution in [0.5, 0.6) is 0 Å². The van der Waals surface area contributed by atoms with Gasteiger partial charge in [0.15, 0.2) is 0 Å². The summed E-state index contributed by atoms with van der Waals surface area (Å²) in [6.45, 7) is 0. The first-order valence-corrected chi connectivity index (χ1v) is 10.1. The standard InChI is InChI=1S/C22H16F4N2O2S/c1-31-19-9-5-3-7-15(19)21(30)28-18-11-10-13(12-16(18)22(24,25)26)27-20(29)14-6-2-4-8-17(14)23/h2-12H,1H3,(H,27,29)(H,28,30). The van der Waals surface area contributed by atoms with Crippen LogP contribution in [0, 0.1) is 5.82 Å². The summed E-state index contributed by atoms with van der Waals surface area (Å²) in [5, 5.41) is 4.53. The number of carbonyl (C=O) groups is 2. The van der Waals surface area contributed by atoms with Crippen LogP contribution in [0.25, 0.3) is 0 Å². The Morgan fingerprint density at radius 2 is 1.45 bits per heavy atom. The zero-order valence-corrected chi connectivity index (χ0v) is 16.9. The number of nitrogens with one attached hydrogen (secondary N) is 2. The highest BCUT2D eigenvalue weighted by atomic mass is 32.2. The van der Waals surface area contributed by atoms with Crippen LogP contribution in [0.2, 0.25) is 0 Å². The molecule has 0 saturated heterocycles. The van der Waals surface area contributed by atoms with Gasteiger partial charge in [0.2, 0.25) is 0 Å². The number of hydrogen-bond donors (Lipinski definition) is 2. The lowest BCUT2D eigenvalue weighted by Gasteiger charge is -2.16. The number of anilines is 2. The summed E-state index contributed by atoms with van der Waals surface area (Å²) in [6.07, 6.45) is -3.05. The summed E-state index contributed by atoms with van der Waals surface area (Å²) in [7, 11) is 0. The Morgan fingerprint density at radius 3 is 2.10 bits per heavy atom. The van der Waals surface area contributed by atoms with Crippen molar-refractivity contribution in [1.29, 1.82) is 0 Å². The predicted octanol–water partition coefficient (Wildman–Crippen LogP) is 6.07. The molecule has 0 aliphatic rings. The lowest BCUT2D eigenvalue weighted by atomic mass is 10.1. The maximum Gasteiger partial charge on any atom is 0.418 e. The lowest BCUT2D eigenvalue weighted by Crippen LogP contribution is -2.18. The molecule has 0 heterocycles. The quantitative estimate of drug-likeness (QED) is 0.368. The van der Waals surface area contributed by atoms with E-state index >= 15 is 0 Å². The molecule has 0 aliphatic heterocycles. The van der Waals surface area contributed by atoms with E-state index in [0.29, 0.717) is 11.0 Å². The van der Waals surface area contributed by atoms with Crippen molar-refractivity contribution in [3.8, 4) is 0 Å². The molecule has 0 atom stereocenters. The van der Waals surface area contributed by atoms with E-state index in [1.807, 2.05) is 0 Å². The molecule has 3 rings (SSSR count). The summed E-state index contributed by atoms with van der Waals surface area (Å²) in [6, 6.07) is 14.6. The van der Waals surface area contributed by atoms with Crippen LogP contribution in [0.4, 0.5) is 28.9 Å². The van der Waals surface area contributed by atoms with Crippen LogP contribution in [0.1, 0.15) is 26.3 Å². The van der Waals surface area contributed by atoms with E-state index in [1.165, 1.54) is 42.1 Å². The van der Waals surface area contributed by atoms with Gasteiger partial charge in [-0.05, 0) is 48.7 Å². The van der Waals surface area contributed by atoms with Crippen molar-refractivity contribution in [2.75, 3.05) is 16.9 Å². The number of thioether (sulfide) groups is 1.